The van der Waals surface area contributed by atoms with Crippen LogP contribution in [-0.2, 0) is 9.59 Å². The van der Waals surface area contributed by atoms with Crippen LogP contribution >= 0.6 is 0 Å². The maximum atomic E-state index is 12.6. The molecular weight excluding hydrogens is 358 g/mol. The van der Waals surface area contributed by atoms with Gasteiger partial charge in [0.2, 0.25) is 0 Å². The van der Waals surface area contributed by atoms with Crippen LogP contribution in [0.3, 0.4) is 0 Å². The summed E-state index contributed by atoms with van der Waals surface area (Å²) in [5.41, 5.74) is 6.47. The molecule has 1 unspecified atom stereocenters. The lowest BCUT2D eigenvalue weighted by Crippen LogP contribution is -2.49. The van der Waals surface area contributed by atoms with Crippen LogP contribution in [0.2, 0.25) is 0 Å². The Hall–Kier alpha value is -3.42. The van der Waals surface area contributed by atoms with Crippen molar-refractivity contribution in [3.05, 3.63) is 60.2 Å². The Balaban J connectivity index is 1.76. The molecule has 1 aliphatic heterocycles. The van der Waals surface area contributed by atoms with E-state index < -0.39 is 18.6 Å². The first-order valence-corrected chi connectivity index (χ1v) is 8.03. The molecular formula is C19H16F2N2O4. The van der Waals surface area contributed by atoms with Gasteiger partial charge in [-0.15, -0.1) is 0 Å². The van der Waals surface area contributed by atoms with Gasteiger partial charge >= 0.3 is 6.61 Å². The molecule has 0 bridgehead atoms. The van der Waals surface area contributed by atoms with Crippen molar-refractivity contribution in [1.82, 2.24) is 0 Å². The summed E-state index contributed by atoms with van der Waals surface area (Å²) in [5.74, 6) is -0.617. The molecule has 140 valence electrons. The first kappa shape index (κ1) is 18.4. The van der Waals surface area contributed by atoms with Crippen LogP contribution < -0.4 is 20.1 Å². The quantitative estimate of drug-likeness (QED) is 0.816. The summed E-state index contributed by atoms with van der Waals surface area (Å²) in [4.78, 5) is 25.5. The Morgan fingerprint density at radius 3 is 2.56 bits per heavy atom. The van der Waals surface area contributed by atoms with Gasteiger partial charge in [-0.05, 0) is 35.9 Å². The van der Waals surface area contributed by atoms with Crippen molar-refractivity contribution < 1.29 is 27.8 Å². The Morgan fingerprint density at radius 2 is 1.89 bits per heavy atom. The number of hydrogen-bond acceptors (Lipinski definition) is 4. The van der Waals surface area contributed by atoms with Crippen molar-refractivity contribution >= 4 is 23.6 Å². The molecule has 2 aromatic rings. The lowest BCUT2D eigenvalue weighted by atomic mass is 10.1. The summed E-state index contributed by atoms with van der Waals surface area (Å²) in [6, 6.07) is 12.7. The minimum atomic E-state index is -2.90. The second-order valence-corrected chi connectivity index (χ2v) is 5.71. The van der Waals surface area contributed by atoms with Gasteiger partial charge in [0.25, 0.3) is 11.8 Å². The Kier molecular flexibility index (Phi) is 5.35. The molecule has 0 saturated carbocycles. The summed E-state index contributed by atoms with van der Waals surface area (Å²) >= 11 is 0. The third-order valence-electron chi connectivity index (χ3n) is 3.88. The van der Waals surface area contributed by atoms with Crippen LogP contribution in [-0.4, -0.2) is 31.1 Å². The van der Waals surface area contributed by atoms with Crippen molar-refractivity contribution in [3.8, 4) is 11.5 Å². The molecule has 2 N–H and O–H groups in total. The zero-order chi connectivity index (χ0) is 19.4. The van der Waals surface area contributed by atoms with E-state index in [4.69, 9.17) is 10.5 Å². The normalized spacial score (nSPS) is 16.1. The maximum absolute atomic E-state index is 12.6. The summed E-state index contributed by atoms with van der Waals surface area (Å²) in [5, 5.41) is 0. The van der Waals surface area contributed by atoms with Crippen LogP contribution in [0, 0.1) is 0 Å². The molecule has 1 heterocycles. The zero-order valence-corrected chi connectivity index (χ0v) is 14.0. The lowest BCUT2D eigenvalue weighted by Gasteiger charge is -2.32. The Morgan fingerprint density at radius 1 is 1.19 bits per heavy atom. The lowest BCUT2D eigenvalue weighted by molar-refractivity contribution is -0.125. The monoisotopic (exact) mass is 374 g/mol. The van der Waals surface area contributed by atoms with E-state index in [1.807, 2.05) is 0 Å². The largest absolute Gasteiger partial charge is 0.477 e. The number of nitrogens with zero attached hydrogens (tertiary/aromatic N) is 1. The number of carbonyl (C=O) groups is 2. The molecule has 8 heteroatoms. The predicted molar refractivity (Wildman–Crippen MR) is 94.5 cm³/mol. The number of ether oxygens (including phenoxy) is 2. The summed E-state index contributed by atoms with van der Waals surface area (Å²) in [6.07, 6.45) is 1.91. The number of primary amides is 1. The van der Waals surface area contributed by atoms with Crippen LogP contribution in [0.25, 0.3) is 6.08 Å². The topological polar surface area (TPSA) is 81.9 Å². The molecule has 0 radical (unpaired) electrons. The first-order chi connectivity index (χ1) is 12.9. The fraction of sp³-hybridized carbons (Fsp3) is 0.158. The number of rotatable bonds is 5. The van der Waals surface area contributed by atoms with Gasteiger partial charge in [0, 0.05) is 6.08 Å². The minimum Gasteiger partial charge on any atom is -0.477 e. The van der Waals surface area contributed by atoms with E-state index in [-0.39, 0.29) is 18.2 Å². The number of nitrogens with two attached hydrogens (primary N) is 1. The van der Waals surface area contributed by atoms with Gasteiger partial charge in [-0.2, -0.15) is 8.78 Å². The molecule has 6 nitrogen and oxygen atoms in total. The number of alkyl halides is 2. The number of hydrogen-bond donors (Lipinski definition) is 1. The molecule has 0 saturated heterocycles. The van der Waals surface area contributed by atoms with Crippen LogP contribution in [0.15, 0.2) is 54.6 Å². The van der Waals surface area contributed by atoms with E-state index >= 15 is 0 Å². The highest BCUT2D eigenvalue weighted by molar-refractivity contribution is 6.05. The van der Waals surface area contributed by atoms with Gasteiger partial charge in [-0.1, -0.05) is 24.3 Å². The highest BCUT2D eigenvalue weighted by Gasteiger charge is 2.31. The fourth-order valence-electron chi connectivity index (χ4n) is 2.61. The number of para-hydroxylation sites is 2. The van der Waals surface area contributed by atoms with Gasteiger partial charge in [0.05, 0.1) is 12.2 Å². The second-order valence-electron chi connectivity index (χ2n) is 5.71. The van der Waals surface area contributed by atoms with Crippen molar-refractivity contribution in [2.24, 2.45) is 5.73 Å². The Labute approximate surface area is 153 Å². The molecule has 0 aliphatic carbocycles. The van der Waals surface area contributed by atoms with E-state index in [9.17, 15) is 18.4 Å². The smallest absolute Gasteiger partial charge is 0.387 e. The number of benzene rings is 2. The fourth-order valence-corrected chi connectivity index (χ4v) is 2.61. The van der Waals surface area contributed by atoms with E-state index in [1.165, 1.54) is 29.2 Å². The zero-order valence-electron chi connectivity index (χ0n) is 14.0. The van der Waals surface area contributed by atoms with Gasteiger partial charge in [0.1, 0.15) is 11.5 Å². The maximum Gasteiger partial charge on any atom is 0.387 e. The van der Waals surface area contributed by atoms with Gasteiger partial charge in [-0.25, -0.2) is 0 Å². The van der Waals surface area contributed by atoms with Gasteiger partial charge in [-0.3, -0.25) is 9.59 Å². The van der Waals surface area contributed by atoms with Crippen LogP contribution in [0.5, 0.6) is 11.5 Å². The van der Waals surface area contributed by atoms with E-state index in [0.717, 1.165) is 0 Å². The molecule has 2 aromatic carbocycles. The van der Waals surface area contributed by atoms with Crippen molar-refractivity contribution in [2.45, 2.75) is 12.7 Å². The average Bonchev–Trinajstić information content (AvgIpc) is 2.65. The second kappa shape index (κ2) is 7.86. The van der Waals surface area contributed by atoms with E-state index in [0.29, 0.717) is 17.0 Å². The summed E-state index contributed by atoms with van der Waals surface area (Å²) in [6.45, 7) is -2.90. The predicted octanol–water partition coefficient (Wildman–Crippen LogP) is 2.58. The number of amides is 2. The summed E-state index contributed by atoms with van der Waals surface area (Å²) < 4.78 is 34.1. The van der Waals surface area contributed by atoms with Crippen LogP contribution in [0.4, 0.5) is 14.5 Å². The molecule has 0 fully saturated rings. The Bertz CT molecular complexity index is 868. The number of anilines is 1. The number of halogens is 2. The van der Waals surface area contributed by atoms with E-state index in [1.54, 1.807) is 36.4 Å². The number of fused-ring (bicyclic) bond motifs is 1. The SMILES string of the molecule is NC(=O)C1CN(C(=O)/C=C/c2ccc(OC(F)F)cc2)c2ccccc2O1. The van der Waals surface area contributed by atoms with Gasteiger partial charge < -0.3 is 20.1 Å². The third kappa shape index (κ3) is 4.41. The summed E-state index contributed by atoms with van der Waals surface area (Å²) in [7, 11) is 0. The minimum absolute atomic E-state index is 0.00329. The van der Waals surface area contributed by atoms with Crippen LogP contribution in [0.1, 0.15) is 5.56 Å². The molecule has 3 rings (SSSR count). The van der Waals surface area contributed by atoms with Crippen molar-refractivity contribution in [1.29, 1.82) is 0 Å². The third-order valence-corrected chi connectivity index (χ3v) is 3.88. The number of carbonyl (C=O) groups excluding carboxylic acids is 2. The highest BCUT2D eigenvalue weighted by Crippen LogP contribution is 2.33. The van der Waals surface area contributed by atoms with E-state index in [2.05, 4.69) is 4.74 Å². The molecule has 1 atom stereocenters. The standard InChI is InChI=1S/C19H16F2N2O4/c20-19(21)26-13-8-5-12(6-9-13)7-10-17(24)23-11-16(18(22)25)27-15-4-2-1-3-14(15)23/h1-10,16,19H,11H2,(H2,22,25)/b10-7+. The first-order valence-electron chi connectivity index (χ1n) is 8.03. The molecule has 1 aliphatic rings. The molecule has 0 spiro atoms. The highest BCUT2D eigenvalue weighted by atomic mass is 19.3. The average molecular weight is 374 g/mol. The van der Waals surface area contributed by atoms with Crippen molar-refractivity contribution in [2.75, 3.05) is 11.4 Å². The molecule has 27 heavy (non-hydrogen) atoms. The van der Waals surface area contributed by atoms with Crippen molar-refractivity contribution in [3.63, 3.8) is 0 Å². The molecule has 0 aromatic heterocycles. The molecule has 2 amide bonds. The van der Waals surface area contributed by atoms with Gasteiger partial charge in [0.15, 0.2) is 6.10 Å².